The number of rotatable bonds is 7. The topological polar surface area (TPSA) is 64.0 Å². The Labute approximate surface area is 109 Å². The molecular weight excluding hydrogens is 250 g/mol. The lowest BCUT2D eigenvalue weighted by molar-refractivity contribution is 0.576. The Hall–Kier alpha value is -1.32. The van der Waals surface area contributed by atoms with E-state index in [0.29, 0.717) is 25.2 Å². The maximum absolute atomic E-state index is 11.9. The summed E-state index contributed by atoms with van der Waals surface area (Å²) in [5, 5.41) is 0.0779. The van der Waals surface area contributed by atoms with Gasteiger partial charge in [-0.15, -0.1) is 12.3 Å². The molecule has 0 aliphatic carbocycles. The molecule has 0 unspecified atom stereocenters. The first kappa shape index (κ1) is 14.7. The molecule has 0 aliphatic heterocycles. The summed E-state index contributed by atoms with van der Waals surface area (Å²) in [4.78, 5) is 4.07. The summed E-state index contributed by atoms with van der Waals surface area (Å²) in [5.74, 6) is 3.18. The van der Waals surface area contributed by atoms with Crippen LogP contribution in [0.1, 0.15) is 32.0 Å². The van der Waals surface area contributed by atoms with Crippen LogP contribution in [0.15, 0.2) is 11.2 Å². The lowest BCUT2D eigenvalue weighted by Gasteiger charge is -2.02. The number of imidazole rings is 1. The van der Waals surface area contributed by atoms with E-state index in [-0.39, 0.29) is 5.03 Å². The van der Waals surface area contributed by atoms with E-state index >= 15 is 0 Å². The standard InChI is InChI=1S/C12H19N3O2S/c1-4-6-7-8-13-18(16,17)12-10-15(9-5-2)11(3)14-12/h1,10,13H,5-9H2,2-3H3. The fraction of sp³-hybridized carbons (Fsp3) is 0.583. The van der Waals surface area contributed by atoms with Crippen molar-refractivity contribution in [3.8, 4) is 12.3 Å². The van der Waals surface area contributed by atoms with Crippen LogP contribution in [0.25, 0.3) is 0 Å². The van der Waals surface area contributed by atoms with Crippen LogP contribution in [0.2, 0.25) is 0 Å². The van der Waals surface area contributed by atoms with E-state index in [4.69, 9.17) is 6.42 Å². The smallest absolute Gasteiger partial charge is 0.259 e. The van der Waals surface area contributed by atoms with E-state index in [0.717, 1.165) is 13.0 Å². The third kappa shape index (κ3) is 3.86. The number of sulfonamides is 1. The Kier molecular flexibility index (Phi) is 5.38. The number of nitrogens with zero attached hydrogens (tertiary/aromatic N) is 2. The summed E-state index contributed by atoms with van der Waals surface area (Å²) < 4.78 is 28.2. The highest BCUT2D eigenvalue weighted by Crippen LogP contribution is 2.09. The molecule has 0 aromatic carbocycles. The van der Waals surface area contributed by atoms with Crippen molar-refractivity contribution in [2.45, 2.75) is 44.7 Å². The summed E-state index contributed by atoms with van der Waals surface area (Å²) in [6, 6.07) is 0. The molecular formula is C12H19N3O2S. The SMILES string of the molecule is C#CCCCNS(=O)(=O)c1cn(CCC)c(C)n1. The first-order chi connectivity index (χ1) is 8.51. The van der Waals surface area contributed by atoms with Crippen molar-refractivity contribution in [2.24, 2.45) is 0 Å². The Morgan fingerprint density at radius 2 is 2.28 bits per heavy atom. The minimum atomic E-state index is -3.51. The van der Waals surface area contributed by atoms with Gasteiger partial charge in [0.05, 0.1) is 0 Å². The molecule has 1 rings (SSSR count). The van der Waals surface area contributed by atoms with Gasteiger partial charge in [-0.1, -0.05) is 6.92 Å². The highest BCUT2D eigenvalue weighted by atomic mass is 32.2. The minimum Gasteiger partial charge on any atom is -0.334 e. The van der Waals surface area contributed by atoms with Gasteiger partial charge in [0, 0.05) is 25.7 Å². The van der Waals surface area contributed by atoms with E-state index in [1.54, 1.807) is 13.1 Å². The van der Waals surface area contributed by atoms with Gasteiger partial charge in [0.15, 0.2) is 5.03 Å². The van der Waals surface area contributed by atoms with Crippen molar-refractivity contribution < 1.29 is 8.42 Å². The molecule has 0 atom stereocenters. The van der Waals surface area contributed by atoms with E-state index in [9.17, 15) is 8.42 Å². The molecule has 1 aromatic heterocycles. The average Bonchev–Trinajstić information content (AvgIpc) is 2.68. The van der Waals surface area contributed by atoms with Gasteiger partial charge in [-0.05, 0) is 19.8 Å². The lowest BCUT2D eigenvalue weighted by atomic mass is 10.3. The molecule has 0 saturated carbocycles. The minimum absolute atomic E-state index is 0.0779. The van der Waals surface area contributed by atoms with Crippen molar-refractivity contribution in [3.63, 3.8) is 0 Å². The molecule has 1 heterocycles. The van der Waals surface area contributed by atoms with E-state index in [2.05, 4.69) is 15.6 Å². The number of hydrogen-bond acceptors (Lipinski definition) is 3. The van der Waals surface area contributed by atoms with Crippen LogP contribution in [0.4, 0.5) is 0 Å². The van der Waals surface area contributed by atoms with Crippen molar-refractivity contribution >= 4 is 10.0 Å². The van der Waals surface area contributed by atoms with Crippen molar-refractivity contribution in [3.05, 3.63) is 12.0 Å². The Bertz CT molecular complexity index is 526. The van der Waals surface area contributed by atoms with Gasteiger partial charge in [-0.3, -0.25) is 0 Å². The first-order valence-electron chi connectivity index (χ1n) is 5.98. The normalized spacial score (nSPS) is 11.4. The van der Waals surface area contributed by atoms with Crippen LogP contribution in [0.3, 0.4) is 0 Å². The quantitative estimate of drug-likeness (QED) is 0.599. The molecule has 0 amide bonds. The summed E-state index contributed by atoms with van der Waals surface area (Å²) in [7, 11) is -3.51. The van der Waals surface area contributed by atoms with Crippen LogP contribution < -0.4 is 4.72 Å². The molecule has 100 valence electrons. The van der Waals surface area contributed by atoms with Gasteiger partial charge in [0.1, 0.15) is 5.82 Å². The Morgan fingerprint density at radius 1 is 1.56 bits per heavy atom. The zero-order valence-electron chi connectivity index (χ0n) is 10.8. The van der Waals surface area contributed by atoms with Crippen LogP contribution in [-0.4, -0.2) is 24.5 Å². The van der Waals surface area contributed by atoms with E-state index in [1.807, 2.05) is 11.5 Å². The molecule has 0 aliphatic rings. The van der Waals surface area contributed by atoms with Crippen LogP contribution in [-0.2, 0) is 16.6 Å². The lowest BCUT2D eigenvalue weighted by Crippen LogP contribution is -2.25. The van der Waals surface area contributed by atoms with Crippen molar-refractivity contribution in [2.75, 3.05) is 6.54 Å². The number of terminal acetylenes is 1. The monoisotopic (exact) mass is 269 g/mol. The summed E-state index contributed by atoms with van der Waals surface area (Å²) in [6.07, 6.45) is 8.80. The molecule has 1 aromatic rings. The third-order valence-electron chi connectivity index (χ3n) is 2.48. The summed E-state index contributed by atoms with van der Waals surface area (Å²) in [5.41, 5.74) is 0. The highest BCUT2D eigenvalue weighted by molar-refractivity contribution is 7.89. The second-order valence-electron chi connectivity index (χ2n) is 4.03. The van der Waals surface area contributed by atoms with Crippen molar-refractivity contribution in [1.82, 2.24) is 14.3 Å². The molecule has 0 bridgehead atoms. The Balaban J connectivity index is 2.73. The second-order valence-corrected chi connectivity index (χ2v) is 5.74. The number of aromatic nitrogens is 2. The van der Waals surface area contributed by atoms with Crippen LogP contribution in [0, 0.1) is 19.3 Å². The molecule has 6 heteroatoms. The number of hydrogen-bond donors (Lipinski definition) is 1. The molecule has 18 heavy (non-hydrogen) atoms. The van der Waals surface area contributed by atoms with Gasteiger partial charge in [0.25, 0.3) is 10.0 Å². The molecule has 0 saturated heterocycles. The molecule has 0 fully saturated rings. The number of unbranched alkanes of at least 4 members (excludes halogenated alkanes) is 1. The molecule has 0 spiro atoms. The second kappa shape index (κ2) is 6.57. The fourth-order valence-corrected chi connectivity index (χ4v) is 2.63. The highest BCUT2D eigenvalue weighted by Gasteiger charge is 2.18. The van der Waals surface area contributed by atoms with Gasteiger partial charge in [-0.25, -0.2) is 18.1 Å². The van der Waals surface area contributed by atoms with Crippen LogP contribution in [0.5, 0.6) is 0 Å². The van der Waals surface area contributed by atoms with Crippen molar-refractivity contribution in [1.29, 1.82) is 0 Å². The fourth-order valence-electron chi connectivity index (χ4n) is 1.55. The van der Waals surface area contributed by atoms with E-state index in [1.165, 1.54) is 0 Å². The summed E-state index contributed by atoms with van der Waals surface area (Å²) >= 11 is 0. The van der Waals surface area contributed by atoms with Gasteiger partial charge >= 0.3 is 0 Å². The third-order valence-corrected chi connectivity index (χ3v) is 3.82. The zero-order chi connectivity index (χ0) is 13.6. The number of aryl methyl sites for hydroxylation is 2. The van der Waals surface area contributed by atoms with Crippen LogP contribution >= 0.6 is 0 Å². The first-order valence-corrected chi connectivity index (χ1v) is 7.46. The van der Waals surface area contributed by atoms with Gasteiger partial charge in [-0.2, -0.15) is 0 Å². The van der Waals surface area contributed by atoms with Gasteiger partial charge < -0.3 is 4.57 Å². The predicted molar refractivity (Wildman–Crippen MR) is 70.5 cm³/mol. The largest absolute Gasteiger partial charge is 0.334 e. The molecule has 1 N–H and O–H groups in total. The number of nitrogens with one attached hydrogen (secondary N) is 1. The summed E-state index contributed by atoms with van der Waals surface area (Å²) in [6.45, 7) is 4.94. The maximum Gasteiger partial charge on any atom is 0.259 e. The van der Waals surface area contributed by atoms with E-state index < -0.39 is 10.0 Å². The average molecular weight is 269 g/mol. The molecule has 0 radical (unpaired) electrons. The molecule has 5 nitrogen and oxygen atoms in total. The predicted octanol–water partition coefficient (Wildman–Crippen LogP) is 1.29. The maximum atomic E-state index is 11.9. The van der Waals surface area contributed by atoms with Gasteiger partial charge in [0.2, 0.25) is 0 Å². The Morgan fingerprint density at radius 3 is 2.89 bits per heavy atom. The zero-order valence-corrected chi connectivity index (χ0v) is 11.6.